The third kappa shape index (κ3) is 2.44. The van der Waals surface area contributed by atoms with E-state index in [2.05, 4.69) is 0 Å². The Morgan fingerprint density at radius 2 is 1.89 bits per heavy atom. The van der Waals surface area contributed by atoms with E-state index < -0.39 is 23.1 Å². The van der Waals surface area contributed by atoms with Crippen molar-refractivity contribution in [2.75, 3.05) is 0 Å². The van der Waals surface area contributed by atoms with E-state index in [0.29, 0.717) is 12.8 Å². The molecule has 1 fully saturated rings. The molecule has 1 aromatic carbocycles. The van der Waals surface area contributed by atoms with Crippen LogP contribution < -0.4 is 10.5 Å². The summed E-state index contributed by atoms with van der Waals surface area (Å²) in [7, 11) is 0. The highest BCUT2D eigenvalue weighted by Gasteiger charge is 2.40. The van der Waals surface area contributed by atoms with Crippen molar-refractivity contribution in [3.8, 4) is 5.75 Å². The Bertz CT molecular complexity index is 456. The Morgan fingerprint density at radius 1 is 1.22 bits per heavy atom. The molecule has 1 amide bonds. The molecule has 2 N–H and O–H groups in total. The summed E-state index contributed by atoms with van der Waals surface area (Å²) in [4.78, 5) is 11.6. The fourth-order valence-electron chi connectivity index (χ4n) is 2.29. The SMILES string of the molecule is NC(=O)C1(Oc2ccc(F)cc2F)CCCCC1. The first kappa shape index (κ1) is 12.8. The molecular weight excluding hydrogens is 240 g/mol. The lowest BCUT2D eigenvalue weighted by Crippen LogP contribution is -2.50. The summed E-state index contributed by atoms with van der Waals surface area (Å²) in [6, 6.07) is 3.01. The van der Waals surface area contributed by atoms with Crippen molar-refractivity contribution in [2.24, 2.45) is 5.73 Å². The lowest BCUT2D eigenvalue weighted by atomic mass is 9.84. The monoisotopic (exact) mass is 255 g/mol. The molecule has 0 aromatic heterocycles. The number of rotatable bonds is 3. The number of hydrogen-bond donors (Lipinski definition) is 1. The first-order valence-corrected chi connectivity index (χ1v) is 5.97. The van der Waals surface area contributed by atoms with Crippen LogP contribution in [0.2, 0.25) is 0 Å². The van der Waals surface area contributed by atoms with Gasteiger partial charge in [0.05, 0.1) is 0 Å². The smallest absolute Gasteiger partial charge is 0.261 e. The van der Waals surface area contributed by atoms with E-state index in [1.165, 1.54) is 6.07 Å². The molecule has 1 aromatic rings. The summed E-state index contributed by atoms with van der Waals surface area (Å²) >= 11 is 0. The van der Waals surface area contributed by atoms with Gasteiger partial charge in [-0.15, -0.1) is 0 Å². The standard InChI is InChI=1S/C13H15F2NO2/c14-9-4-5-11(10(15)8-9)18-13(12(16)17)6-2-1-3-7-13/h4-5,8H,1-3,6-7H2,(H2,16,17). The Morgan fingerprint density at radius 3 is 2.44 bits per heavy atom. The van der Waals surface area contributed by atoms with Crippen molar-refractivity contribution in [1.82, 2.24) is 0 Å². The van der Waals surface area contributed by atoms with E-state index in [1.54, 1.807) is 0 Å². The minimum atomic E-state index is -1.16. The van der Waals surface area contributed by atoms with Crippen molar-refractivity contribution in [3.63, 3.8) is 0 Å². The van der Waals surface area contributed by atoms with Crippen LogP contribution in [0.4, 0.5) is 8.78 Å². The predicted molar refractivity (Wildman–Crippen MR) is 62.0 cm³/mol. The fraction of sp³-hybridized carbons (Fsp3) is 0.462. The molecule has 3 nitrogen and oxygen atoms in total. The Labute approximate surface area is 104 Å². The molecule has 2 rings (SSSR count). The maximum absolute atomic E-state index is 13.5. The highest BCUT2D eigenvalue weighted by molar-refractivity contribution is 5.84. The van der Waals surface area contributed by atoms with E-state index in [0.717, 1.165) is 31.4 Å². The third-order valence-electron chi connectivity index (χ3n) is 3.31. The van der Waals surface area contributed by atoms with E-state index in [9.17, 15) is 13.6 Å². The maximum atomic E-state index is 13.5. The fourth-order valence-corrected chi connectivity index (χ4v) is 2.29. The molecule has 0 spiro atoms. The number of amides is 1. The molecule has 18 heavy (non-hydrogen) atoms. The van der Waals surface area contributed by atoms with E-state index >= 15 is 0 Å². The molecule has 0 unspecified atom stereocenters. The lowest BCUT2D eigenvalue weighted by Gasteiger charge is -2.34. The zero-order chi connectivity index (χ0) is 13.2. The number of carbonyl (C=O) groups excluding carboxylic acids is 1. The second-order valence-corrected chi connectivity index (χ2v) is 4.60. The van der Waals surface area contributed by atoms with Crippen LogP contribution in [0.5, 0.6) is 5.75 Å². The van der Waals surface area contributed by atoms with Crippen LogP contribution in [0.25, 0.3) is 0 Å². The van der Waals surface area contributed by atoms with Gasteiger partial charge in [-0.3, -0.25) is 4.79 Å². The highest BCUT2D eigenvalue weighted by atomic mass is 19.1. The van der Waals surface area contributed by atoms with Crippen molar-refractivity contribution in [1.29, 1.82) is 0 Å². The van der Waals surface area contributed by atoms with Gasteiger partial charge in [-0.1, -0.05) is 6.42 Å². The number of carbonyl (C=O) groups is 1. The summed E-state index contributed by atoms with van der Waals surface area (Å²) in [5.74, 6) is -2.22. The molecule has 98 valence electrons. The predicted octanol–water partition coefficient (Wildman–Crippen LogP) is 2.53. The molecule has 1 aliphatic rings. The molecule has 1 aliphatic carbocycles. The molecule has 0 saturated heterocycles. The molecular formula is C13H15F2NO2. The van der Waals surface area contributed by atoms with Gasteiger partial charge in [0.15, 0.2) is 17.2 Å². The number of nitrogens with two attached hydrogens (primary N) is 1. The van der Waals surface area contributed by atoms with Gasteiger partial charge in [0, 0.05) is 6.07 Å². The maximum Gasteiger partial charge on any atom is 0.261 e. The molecule has 5 heteroatoms. The zero-order valence-electron chi connectivity index (χ0n) is 9.92. The topological polar surface area (TPSA) is 52.3 Å². The Hall–Kier alpha value is -1.65. The summed E-state index contributed by atoms with van der Waals surface area (Å²) in [6.45, 7) is 0. The molecule has 0 bridgehead atoms. The highest BCUT2D eigenvalue weighted by Crippen LogP contribution is 2.34. The summed E-state index contributed by atoms with van der Waals surface area (Å²) in [6.07, 6.45) is 3.57. The van der Waals surface area contributed by atoms with Gasteiger partial charge >= 0.3 is 0 Å². The Balaban J connectivity index is 2.26. The summed E-state index contributed by atoms with van der Waals surface area (Å²) in [5, 5.41) is 0. The summed E-state index contributed by atoms with van der Waals surface area (Å²) < 4.78 is 31.8. The van der Waals surface area contributed by atoms with Crippen LogP contribution in [-0.4, -0.2) is 11.5 Å². The average molecular weight is 255 g/mol. The van der Waals surface area contributed by atoms with E-state index in [4.69, 9.17) is 10.5 Å². The van der Waals surface area contributed by atoms with Gasteiger partial charge in [-0.25, -0.2) is 8.78 Å². The largest absolute Gasteiger partial charge is 0.474 e. The zero-order valence-corrected chi connectivity index (χ0v) is 9.92. The second-order valence-electron chi connectivity index (χ2n) is 4.60. The van der Waals surface area contributed by atoms with Crippen molar-refractivity contribution in [3.05, 3.63) is 29.8 Å². The van der Waals surface area contributed by atoms with Crippen molar-refractivity contribution >= 4 is 5.91 Å². The normalized spacial score (nSPS) is 18.3. The van der Waals surface area contributed by atoms with Gasteiger partial charge in [0.2, 0.25) is 0 Å². The van der Waals surface area contributed by atoms with E-state index in [1.807, 2.05) is 0 Å². The minimum absolute atomic E-state index is 0.128. The van der Waals surface area contributed by atoms with Gasteiger partial charge in [0.25, 0.3) is 5.91 Å². The molecule has 1 saturated carbocycles. The molecule has 0 aliphatic heterocycles. The molecule has 0 atom stereocenters. The quantitative estimate of drug-likeness (QED) is 0.902. The van der Waals surface area contributed by atoms with Crippen LogP contribution in [0.15, 0.2) is 18.2 Å². The van der Waals surface area contributed by atoms with Crippen molar-refractivity contribution < 1.29 is 18.3 Å². The number of primary amides is 1. The molecule has 0 radical (unpaired) electrons. The van der Waals surface area contributed by atoms with Crippen LogP contribution in [-0.2, 0) is 4.79 Å². The van der Waals surface area contributed by atoms with E-state index in [-0.39, 0.29) is 5.75 Å². The number of benzene rings is 1. The number of ether oxygens (including phenoxy) is 1. The van der Waals surface area contributed by atoms with Crippen LogP contribution in [0, 0.1) is 11.6 Å². The number of halogens is 2. The first-order chi connectivity index (χ1) is 8.53. The van der Waals surface area contributed by atoms with Crippen LogP contribution in [0.3, 0.4) is 0 Å². The number of hydrogen-bond acceptors (Lipinski definition) is 2. The minimum Gasteiger partial charge on any atom is -0.474 e. The van der Waals surface area contributed by atoms with Gasteiger partial charge in [0.1, 0.15) is 5.82 Å². The molecule has 0 heterocycles. The van der Waals surface area contributed by atoms with Crippen LogP contribution in [0.1, 0.15) is 32.1 Å². The van der Waals surface area contributed by atoms with Gasteiger partial charge in [-0.05, 0) is 37.8 Å². The lowest BCUT2D eigenvalue weighted by molar-refractivity contribution is -0.136. The average Bonchev–Trinajstić information content (AvgIpc) is 2.34. The van der Waals surface area contributed by atoms with Crippen molar-refractivity contribution in [2.45, 2.75) is 37.7 Å². The third-order valence-corrected chi connectivity index (χ3v) is 3.31. The van der Waals surface area contributed by atoms with Crippen LogP contribution >= 0.6 is 0 Å². The second kappa shape index (κ2) is 4.92. The van der Waals surface area contributed by atoms with Gasteiger partial charge in [-0.2, -0.15) is 0 Å². The summed E-state index contributed by atoms with van der Waals surface area (Å²) in [5.41, 5.74) is 4.21. The van der Waals surface area contributed by atoms with Gasteiger partial charge < -0.3 is 10.5 Å². The Kier molecular flexibility index (Phi) is 3.50. The first-order valence-electron chi connectivity index (χ1n) is 5.97.